The molecule has 1 aromatic heterocycles. The topological polar surface area (TPSA) is 94.8 Å². The predicted molar refractivity (Wildman–Crippen MR) is 91.0 cm³/mol. The van der Waals surface area contributed by atoms with E-state index in [1.54, 1.807) is 31.2 Å². The second kappa shape index (κ2) is 8.14. The summed E-state index contributed by atoms with van der Waals surface area (Å²) in [6.07, 6.45) is 0. The van der Waals surface area contributed by atoms with Crippen molar-refractivity contribution in [1.82, 2.24) is 0 Å². The Labute approximate surface area is 144 Å². The van der Waals surface area contributed by atoms with Crippen molar-refractivity contribution in [1.29, 1.82) is 0 Å². The molecule has 1 aromatic carbocycles. The Balaban J connectivity index is 2.01. The molecular weight excluding hydrogens is 326 g/mol. The lowest BCUT2D eigenvalue weighted by atomic mass is 10.1. The Kier molecular flexibility index (Phi) is 5.94. The third kappa shape index (κ3) is 4.69. The summed E-state index contributed by atoms with van der Waals surface area (Å²) in [5, 5.41) is 2.63. The van der Waals surface area contributed by atoms with Crippen LogP contribution in [-0.2, 0) is 9.53 Å². The lowest BCUT2D eigenvalue weighted by Gasteiger charge is -2.12. The molecule has 1 heterocycles. The fraction of sp³-hybridized carbons (Fsp3) is 0.278. The van der Waals surface area contributed by atoms with Gasteiger partial charge in [-0.15, -0.1) is 0 Å². The predicted octanol–water partition coefficient (Wildman–Crippen LogP) is 2.45. The molecule has 0 aliphatic carbocycles. The van der Waals surface area contributed by atoms with Crippen LogP contribution < -0.4 is 15.7 Å². The highest BCUT2D eigenvalue weighted by atomic mass is 16.5. The summed E-state index contributed by atoms with van der Waals surface area (Å²) < 4.78 is 15.3. The molecule has 132 valence electrons. The lowest BCUT2D eigenvalue weighted by Crippen LogP contribution is -2.22. The van der Waals surface area contributed by atoms with Crippen LogP contribution in [0.1, 0.15) is 28.6 Å². The molecule has 2 aromatic rings. The van der Waals surface area contributed by atoms with Crippen molar-refractivity contribution in [2.24, 2.45) is 0 Å². The third-order valence-electron chi connectivity index (χ3n) is 3.33. The van der Waals surface area contributed by atoms with Gasteiger partial charge in [0, 0.05) is 6.07 Å². The number of hydrogen-bond donors (Lipinski definition) is 1. The number of amides is 1. The van der Waals surface area contributed by atoms with Gasteiger partial charge in [-0.25, -0.2) is 9.59 Å². The highest BCUT2D eigenvalue weighted by molar-refractivity contribution is 5.97. The van der Waals surface area contributed by atoms with Crippen molar-refractivity contribution in [2.75, 3.05) is 18.5 Å². The number of rotatable bonds is 6. The van der Waals surface area contributed by atoms with Crippen LogP contribution in [0.2, 0.25) is 0 Å². The van der Waals surface area contributed by atoms with Gasteiger partial charge < -0.3 is 19.2 Å². The second-order valence-corrected chi connectivity index (χ2v) is 5.23. The van der Waals surface area contributed by atoms with Gasteiger partial charge in [-0.3, -0.25) is 4.79 Å². The number of para-hydroxylation sites is 2. The number of ether oxygens (including phenoxy) is 2. The minimum atomic E-state index is -0.730. The Morgan fingerprint density at radius 1 is 1.20 bits per heavy atom. The van der Waals surface area contributed by atoms with Crippen LogP contribution in [0.4, 0.5) is 5.69 Å². The molecule has 0 atom stereocenters. The molecule has 0 saturated heterocycles. The van der Waals surface area contributed by atoms with Crippen LogP contribution in [0.25, 0.3) is 0 Å². The van der Waals surface area contributed by atoms with E-state index in [-0.39, 0.29) is 11.3 Å². The minimum absolute atomic E-state index is 0.141. The summed E-state index contributed by atoms with van der Waals surface area (Å²) in [4.78, 5) is 35.4. The molecule has 25 heavy (non-hydrogen) atoms. The number of hydrogen-bond acceptors (Lipinski definition) is 6. The molecular formula is C18H19NO6. The van der Waals surface area contributed by atoms with Gasteiger partial charge in [0.05, 0.1) is 12.3 Å². The molecule has 0 aliphatic heterocycles. The van der Waals surface area contributed by atoms with Crippen molar-refractivity contribution in [3.05, 3.63) is 57.6 Å². The zero-order valence-electron chi connectivity index (χ0n) is 14.3. The molecule has 0 radical (unpaired) electrons. The first-order chi connectivity index (χ1) is 11.9. The maximum atomic E-state index is 12.1. The first-order valence-electron chi connectivity index (χ1n) is 7.72. The lowest BCUT2D eigenvalue weighted by molar-refractivity contribution is -0.119. The maximum Gasteiger partial charge on any atom is 0.342 e. The van der Waals surface area contributed by atoms with Gasteiger partial charge >= 0.3 is 11.6 Å². The number of anilines is 1. The molecule has 0 unspecified atom stereocenters. The van der Waals surface area contributed by atoms with Gasteiger partial charge in [0.15, 0.2) is 6.61 Å². The summed E-state index contributed by atoms with van der Waals surface area (Å²) in [7, 11) is 0. The van der Waals surface area contributed by atoms with E-state index >= 15 is 0 Å². The van der Waals surface area contributed by atoms with E-state index in [0.717, 1.165) is 0 Å². The minimum Gasteiger partial charge on any atom is -0.492 e. The van der Waals surface area contributed by atoms with Gasteiger partial charge in [0.25, 0.3) is 5.91 Å². The van der Waals surface area contributed by atoms with E-state index in [1.165, 1.54) is 13.0 Å². The van der Waals surface area contributed by atoms with Gasteiger partial charge in [0.1, 0.15) is 17.1 Å². The standard InChI is InChI=1S/C18H19NO6/c1-4-23-14-8-6-5-7-13(14)19-15(20)10-24-18(22)17-11(2)9-16(21)25-12(17)3/h5-9H,4,10H2,1-3H3,(H,19,20). The number of aryl methyl sites for hydroxylation is 2. The van der Waals surface area contributed by atoms with Crippen LogP contribution >= 0.6 is 0 Å². The molecule has 7 nitrogen and oxygen atoms in total. The molecule has 1 N–H and O–H groups in total. The maximum absolute atomic E-state index is 12.1. The normalized spacial score (nSPS) is 10.2. The van der Waals surface area contributed by atoms with Crippen molar-refractivity contribution in [3.63, 3.8) is 0 Å². The average molecular weight is 345 g/mol. The second-order valence-electron chi connectivity index (χ2n) is 5.23. The Morgan fingerprint density at radius 3 is 2.60 bits per heavy atom. The number of carbonyl (C=O) groups is 2. The van der Waals surface area contributed by atoms with Crippen LogP contribution in [0, 0.1) is 13.8 Å². The molecule has 2 rings (SSSR count). The first-order valence-corrected chi connectivity index (χ1v) is 7.72. The fourth-order valence-electron chi connectivity index (χ4n) is 2.30. The van der Waals surface area contributed by atoms with E-state index in [9.17, 15) is 14.4 Å². The van der Waals surface area contributed by atoms with E-state index in [4.69, 9.17) is 13.9 Å². The Bertz CT molecular complexity index is 813. The van der Waals surface area contributed by atoms with Crippen LogP contribution in [-0.4, -0.2) is 25.1 Å². The van der Waals surface area contributed by atoms with E-state index in [2.05, 4.69) is 5.32 Å². The van der Waals surface area contributed by atoms with Crippen LogP contribution in [0.15, 0.2) is 39.5 Å². The van der Waals surface area contributed by atoms with Gasteiger partial charge in [-0.2, -0.15) is 0 Å². The molecule has 0 spiro atoms. The van der Waals surface area contributed by atoms with E-state index in [0.29, 0.717) is 23.6 Å². The molecule has 0 fully saturated rings. The molecule has 1 amide bonds. The highest BCUT2D eigenvalue weighted by Gasteiger charge is 2.18. The van der Waals surface area contributed by atoms with Crippen LogP contribution in [0.3, 0.4) is 0 Å². The van der Waals surface area contributed by atoms with Crippen molar-refractivity contribution in [2.45, 2.75) is 20.8 Å². The summed E-state index contributed by atoms with van der Waals surface area (Å²) >= 11 is 0. The van der Waals surface area contributed by atoms with Gasteiger partial charge in [0.2, 0.25) is 0 Å². The zero-order valence-corrected chi connectivity index (χ0v) is 14.3. The third-order valence-corrected chi connectivity index (χ3v) is 3.33. The Morgan fingerprint density at radius 2 is 1.92 bits per heavy atom. The van der Waals surface area contributed by atoms with Crippen molar-refractivity contribution >= 4 is 17.6 Å². The molecule has 0 aliphatic rings. The Hall–Kier alpha value is -3.09. The number of nitrogens with one attached hydrogen (secondary N) is 1. The molecule has 0 bridgehead atoms. The quantitative estimate of drug-likeness (QED) is 0.808. The first kappa shape index (κ1) is 18.3. The number of carbonyl (C=O) groups excluding carboxylic acids is 2. The number of esters is 1. The van der Waals surface area contributed by atoms with E-state index < -0.39 is 24.1 Å². The summed E-state index contributed by atoms with van der Waals surface area (Å²) in [6, 6.07) is 8.15. The smallest absolute Gasteiger partial charge is 0.342 e. The largest absolute Gasteiger partial charge is 0.492 e. The summed E-state index contributed by atoms with van der Waals surface area (Å²) in [5.41, 5.74) is 0.517. The summed E-state index contributed by atoms with van der Waals surface area (Å²) in [6.45, 7) is 4.91. The van der Waals surface area contributed by atoms with Gasteiger partial charge in [-0.1, -0.05) is 12.1 Å². The van der Waals surface area contributed by atoms with Crippen LogP contribution in [0.5, 0.6) is 5.75 Å². The van der Waals surface area contributed by atoms with E-state index in [1.807, 2.05) is 6.92 Å². The fourth-order valence-corrected chi connectivity index (χ4v) is 2.30. The van der Waals surface area contributed by atoms with Crippen molar-refractivity contribution < 1.29 is 23.5 Å². The molecule has 0 saturated carbocycles. The monoisotopic (exact) mass is 345 g/mol. The van der Waals surface area contributed by atoms with Crippen molar-refractivity contribution in [3.8, 4) is 5.75 Å². The summed E-state index contributed by atoms with van der Waals surface area (Å²) in [5.74, 6) is -0.557. The SMILES string of the molecule is CCOc1ccccc1NC(=O)COC(=O)c1c(C)cc(=O)oc1C. The zero-order chi connectivity index (χ0) is 18.4. The highest BCUT2D eigenvalue weighted by Crippen LogP contribution is 2.23. The molecule has 7 heteroatoms. The van der Waals surface area contributed by atoms with Gasteiger partial charge in [-0.05, 0) is 38.5 Å². The average Bonchev–Trinajstić information content (AvgIpc) is 2.54. The number of benzene rings is 1.